The average Bonchev–Trinajstić information content (AvgIpc) is 2.30. The highest BCUT2D eigenvalue weighted by Gasteiger charge is 2.00. The number of benzene rings is 2. The number of hydrogen-bond acceptors (Lipinski definition) is 1. The van der Waals surface area contributed by atoms with Crippen LogP contribution in [0.15, 0.2) is 42.5 Å². The number of aryl methyl sites for hydroxylation is 1. The van der Waals surface area contributed by atoms with Crippen LogP contribution < -0.4 is 4.74 Å². The van der Waals surface area contributed by atoms with Gasteiger partial charge in [0.25, 0.3) is 0 Å². The highest BCUT2D eigenvalue weighted by Crippen LogP contribution is 2.24. The van der Waals surface area contributed by atoms with Crippen LogP contribution in [0.3, 0.4) is 0 Å². The van der Waals surface area contributed by atoms with Gasteiger partial charge in [0.1, 0.15) is 5.75 Å². The molecule has 0 aliphatic heterocycles. The Labute approximate surface area is 90.3 Å². The molecule has 0 bridgehead atoms. The summed E-state index contributed by atoms with van der Waals surface area (Å²) < 4.78 is 5.13. The molecule has 0 heterocycles. The van der Waals surface area contributed by atoms with Crippen LogP contribution >= 0.6 is 0 Å². The van der Waals surface area contributed by atoms with E-state index < -0.39 is 0 Å². The molecule has 0 saturated heterocycles. The van der Waals surface area contributed by atoms with Gasteiger partial charge in [-0.2, -0.15) is 0 Å². The van der Waals surface area contributed by atoms with Crippen LogP contribution in [0.4, 0.5) is 0 Å². The third kappa shape index (κ3) is 2.01. The molecule has 0 unspecified atom stereocenters. The molecule has 2 aromatic rings. The molecule has 0 amide bonds. The summed E-state index contributed by atoms with van der Waals surface area (Å²) in [5.74, 6) is 0.882. The Bertz CT molecular complexity index is 443. The lowest BCUT2D eigenvalue weighted by Crippen LogP contribution is -1.84. The van der Waals surface area contributed by atoms with Crippen LogP contribution in [-0.4, -0.2) is 7.11 Å². The van der Waals surface area contributed by atoms with Crippen molar-refractivity contribution in [1.82, 2.24) is 0 Å². The van der Waals surface area contributed by atoms with Gasteiger partial charge < -0.3 is 4.74 Å². The average molecular weight is 197 g/mol. The largest absolute Gasteiger partial charge is 0.497 e. The van der Waals surface area contributed by atoms with Crippen LogP contribution in [0.25, 0.3) is 11.1 Å². The topological polar surface area (TPSA) is 9.23 Å². The Kier molecular flexibility index (Phi) is 2.72. The Hall–Kier alpha value is -1.76. The molecule has 15 heavy (non-hydrogen) atoms. The zero-order valence-corrected chi connectivity index (χ0v) is 8.95. The maximum absolute atomic E-state index is 5.13. The maximum atomic E-state index is 5.13. The van der Waals surface area contributed by atoms with Crippen LogP contribution in [0, 0.1) is 13.0 Å². The first-order chi connectivity index (χ1) is 7.31. The highest BCUT2D eigenvalue weighted by atomic mass is 16.5. The van der Waals surface area contributed by atoms with Gasteiger partial charge in [-0.15, -0.1) is 0 Å². The number of methoxy groups -OCH3 is 1. The van der Waals surface area contributed by atoms with Crippen molar-refractivity contribution >= 4 is 0 Å². The van der Waals surface area contributed by atoms with E-state index in [1.807, 2.05) is 24.3 Å². The highest BCUT2D eigenvalue weighted by molar-refractivity contribution is 5.66. The van der Waals surface area contributed by atoms with Gasteiger partial charge >= 0.3 is 0 Å². The maximum Gasteiger partial charge on any atom is 0.118 e. The van der Waals surface area contributed by atoms with Gasteiger partial charge in [0.15, 0.2) is 0 Å². The van der Waals surface area contributed by atoms with Crippen LogP contribution in [-0.2, 0) is 0 Å². The molecule has 0 saturated carbocycles. The summed E-state index contributed by atoms with van der Waals surface area (Å²) in [5, 5.41) is 0. The van der Waals surface area contributed by atoms with Gasteiger partial charge in [-0.25, -0.2) is 0 Å². The minimum Gasteiger partial charge on any atom is -0.497 e. The van der Waals surface area contributed by atoms with E-state index in [0.29, 0.717) is 0 Å². The molecule has 75 valence electrons. The fraction of sp³-hybridized carbons (Fsp3) is 0.143. The van der Waals surface area contributed by atoms with E-state index in [0.717, 1.165) is 11.3 Å². The molecule has 0 aliphatic carbocycles. The summed E-state index contributed by atoms with van der Waals surface area (Å²) >= 11 is 0. The lowest BCUT2D eigenvalue weighted by atomic mass is 10.0. The van der Waals surface area contributed by atoms with E-state index >= 15 is 0 Å². The van der Waals surface area contributed by atoms with Crippen LogP contribution in [0.1, 0.15) is 5.56 Å². The first-order valence-electron chi connectivity index (χ1n) is 4.93. The van der Waals surface area contributed by atoms with Crippen molar-refractivity contribution in [3.63, 3.8) is 0 Å². The Morgan fingerprint density at radius 2 is 1.80 bits per heavy atom. The van der Waals surface area contributed by atoms with Gasteiger partial charge in [0, 0.05) is 0 Å². The van der Waals surface area contributed by atoms with Gasteiger partial charge in [-0.1, -0.05) is 30.3 Å². The van der Waals surface area contributed by atoms with E-state index in [2.05, 4.69) is 31.2 Å². The molecule has 1 radical (unpaired) electrons. The molecule has 2 rings (SSSR count). The van der Waals surface area contributed by atoms with Gasteiger partial charge in [0.05, 0.1) is 7.11 Å². The summed E-state index contributed by atoms with van der Waals surface area (Å²) in [6, 6.07) is 17.3. The first kappa shape index (κ1) is 9.78. The van der Waals surface area contributed by atoms with E-state index in [9.17, 15) is 0 Å². The zero-order valence-electron chi connectivity index (χ0n) is 8.95. The Morgan fingerprint density at radius 3 is 2.40 bits per heavy atom. The SMILES string of the molecule is COc1ccc(-c2[c]cccc2C)cc1. The van der Waals surface area contributed by atoms with E-state index in [4.69, 9.17) is 4.74 Å². The van der Waals surface area contributed by atoms with Gasteiger partial charge in [0.2, 0.25) is 0 Å². The molecule has 0 spiro atoms. The summed E-state index contributed by atoms with van der Waals surface area (Å²) in [6.45, 7) is 2.09. The Balaban J connectivity index is 2.42. The lowest BCUT2D eigenvalue weighted by Gasteiger charge is -2.06. The van der Waals surface area contributed by atoms with Crippen molar-refractivity contribution in [3.8, 4) is 16.9 Å². The third-order valence-electron chi connectivity index (χ3n) is 2.44. The lowest BCUT2D eigenvalue weighted by molar-refractivity contribution is 0.415. The van der Waals surface area contributed by atoms with Crippen LogP contribution in [0.5, 0.6) is 5.75 Å². The quantitative estimate of drug-likeness (QED) is 0.716. The molecule has 1 nitrogen and oxygen atoms in total. The summed E-state index contributed by atoms with van der Waals surface area (Å²) in [6.07, 6.45) is 0. The van der Waals surface area contributed by atoms with Gasteiger partial charge in [-0.3, -0.25) is 0 Å². The van der Waals surface area contributed by atoms with Crippen molar-refractivity contribution in [2.45, 2.75) is 6.92 Å². The molecule has 1 heteroatoms. The van der Waals surface area contributed by atoms with Crippen molar-refractivity contribution in [3.05, 3.63) is 54.1 Å². The molecule has 0 aromatic heterocycles. The number of hydrogen-bond donors (Lipinski definition) is 0. The molecule has 2 aromatic carbocycles. The van der Waals surface area contributed by atoms with Crippen molar-refractivity contribution < 1.29 is 4.74 Å². The molecule has 0 N–H and O–H groups in total. The minimum atomic E-state index is 0.882. The molecule has 0 atom stereocenters. The van der Waals surface area contributed by atoms with E-state index in [1.165, 1.54) is 11.1 Å². The van der Waals surface area contributed by atoms with E-state index in [1.54, 1.807) is 7.11 Å². The molecular weight excluding hydrogens is 184 g/mol. The summed E-state index contributed by atoms with van der Waals surface area (Å²) in [4.78, 5) is 0. The van der Waals surface area contributed by atoms with Crippen molar-refractivity contribution in [2.75, 3.05) is 7.11 Å². The Morgan fingerprint density at radius 1 is 1.07 bits per heavy atom. The van der Waals surface area contributed by atoms with Crippen molar-refractivity contribution in [1.29, 1.82) is 0 Å². The standard InChI is InChI=1S/C14H13O/c1-11-5-3-4-6-14(11)12-7-9-13(15-2)10-8-12/h3-5,7-10H,1-2H3. The monoisotopic (exact) mass is 197 g/mol. The predicted molar refractivity (Wildman–Crippen MR) is 62.0 cm³/mol. The first-order valence-corrected chi connectivity index (χ1v) is 4.93. The van der Waals surface area contributed by atoms with E-state index in [-0.39, 0.29) is 0 Å². The molecule has 0 aliphatic rings. The number of ether oxygens (including phenoxy) is 1. The van der Waals surface area contributed by atoms with Crippen LogP contribution in [0.2, 0.25) is 0 Å². The minimum absolute atomic E-state index is 0.882. The second kappa shape index (κ2) is 4.18. The second-order valence-electron chi connectivity index (χ2n) is 3.46. The normalized spacial score (nSPS) is 10.0. The summed E-state index contributed by atoms with van der Waals surface area (Å²) in [7, 11) is 1.68. The summed E-state index contributed by atoms with van der Waals surface area (Å²) in [5.41, 5.74) is 3.57. The number of rotatable bonds is 2. The van der Waals surface area contributed by atoms with Crippen molar-refractivity contribution in [2.24, 2.45) is 0 Å². The fourth-order valence-corrected chi connectivity index (χ4v) is 1.59. The molecule has 0 fully saturated rings. The fourth-order valence-electron chi connectivity index (χ4n) is 1.59. The second-order valence-corrected chi connectivity index (χ2v) is 3.46. The third-order valence-corrected chi connectivity index (χ3v) is 2.44. The predicted octanol–water partition coefficient (Wildman–Crippen LogP) is 3.47. The zero-order chi connectivity index (χ0) is 10.7. The van der Waals surface area contributed by atoms with Gasteiger partial charge in [-0.05, 0) is 41.8 Å². The smallest absolute Gasteiger partial charge is 0.118 e. The molecular formula is C14H13O.